The Hall–Kier alpha value is -2.05. The molecule has 0 aliphatic heterocycles. The van der Waals surface area contributed by atoms with E-state index in [-0.39, 0.29) is 23.6 Å². The van der Waals surface area contributed by atoms with Crippen molar-refractivity contribution >= 4 is 15.8 Å². The number of hydrogen-bond acceptors (Lipinski definition) is 5. The molecular formula is C13H17N3O4S. The molecule has 0 aromatic heterocycles. The van der Waals surface area contributed by atoms with Crippen molar-refractivity contribution in [2.75, 3.05) is 12.3 Å². The van der Waals surface area contributed by atoms with Crippen LogP contribution in [-0.4, -0.2) is 32.8 Å². The Balaban J connectivity index is 2.86. The maximum Gasteiger partial charge on any atom is 0.302 e. The van der Waals surface area contributed by atoms with Crippen LogP contribution in [0.15, 0.2) is 34.3 Å². The topological polar surface area (TPSA) is 109 Å². The Morgan fingerprint density at radius 1 is 1.38 bits per heavy atom. The van der Waals surface area contributed by atoms with Crippen LogP contribution < -0.4 is 0 Å². The molecule has 1 rings (SSSR count). The number of nitrogens with zero attached hydrogens (tertiary/aromatic N) is 3. The molecule has 0 saturated carbocycles. The van der Waals surface area contributed by atoms with Gasteiger partial charge in [-0.1, -0.05) is 22.8 Å². The number of sulfone groups is 1. The predicted molar refractivity (Wildman–Crippen MR) is 77.4 cm³/mol. The molecule has 1 atom stereocenters. The van der Waals surface area contributed by atoms with Crippen molar-refractivity contribution in [2.45, 2.75) is 31.3 Å². The maximum absolute atomic E-state index is 12.3. The minimum atomic E-state index is -3.57. The summed E-state index contributed by atoms with van der Waals surface area (Å²) in [6, 6.07) is 6.44. The fourth-order valence-corrected chi connectivity index (χ4v) is 3.21. The molecule has 0 N–H and O–H groups in total. The van der Waals surface area contributed by atoms with Gasteiger partial charge in [0.1, 0.15) is 6.10 Å². The van der Waals surface area contributed by atoms with Crippen LogP contribution in [0.3, 0.4) is 0 Å². The normalized spacial score (nSPS) is 12.3. The smallest absolute Gasteiger partial charge is 0.302 e. The SMILES string of the molecule is CC(=O)OC(CCN=[N+]=[N-])CS(=O)(=O)c1ccc(C)cc1. The number of rotatable bonds is 7. The summed E-state index contributed by atoms with van der Waals surface area (Å²) in [6.07, 6.45) is -0.673. The van der Waals surface area contributed by atoms with Crippen LogP contribution in [0.4, 0.5) is 0 Å². The molecule has 0 bridgehead atoms. The van der Waals surface area contributed by atoms with Crippen LogP contribution in [0, 0.1) is 6.92 Å². The van der Waals surface area contributed by atoms with Gasteiger partial charge < -0.3 is 4.74 Å². The van der Waals surface area contributed by atoms with E-state index in [0.29, 0.717) is 0 Å². The fraction of sp³-hybridized carbons (Fsp3) is 0.462. The Morgan fingerprint density at radius 2 is 2.00 bits per heavy atom. The lowest BCUT2D eigenvalue weighted by Crippen LogP contribution is -2.27. The molecule has 0 heterocycles. The summed E-state index contributed by atoms with van der Waals surface area (Å²) in [5.41, 5.74) is 9.18. The van der Waals surface area contributed by atoms with Gasteiger partial charge in [-0.2, -0.15) is 0 Å². The minimum Gasteiger partial charge on any atom is -0.461 e. The Morgan fingerprint density at radius 3 is 2.52 bits per heavy atom. The van der Waals surface area contributed by atoms with E-state index in [2.05, 4.69) is 10.0 Å². The number of aryl methyl sites for hydroxylation is 1. The summed E-state index contributed by atoms with van der Waals surface area (Å²) in [5, 5.41) is 3.33. The van der Waals surface area contributed by atoms with Gasteiger partial charge in [0, 0.05) is 18.4 Å². The van der Waals surface area contributed by atoms with Crippen molar-refractivity contribution in [3.63, 3.8) is 0 Å². The number of azide groups is 1. The van der Waals surface area contributed by atoms with Crippen molar-refractivity contribution in [1.82, 2.24) is 0 Å². The molecule has 0 radical (unpaired) electrons. The van der Waals surface area contributed by atoms with Gasteiger partial charge in [0.25, 0.3) is 0 Å². The highest BCUT2D eigenvalue weighted by Crippen LogP contribution is 2.15. The first-order valence-electron chi connectivity index (χ1n) is 6.32. The average molecular weight is 311 g/mol. The Labute approximate surface area is 123 Å². The molecule has 7 nitrogen and oxygen atoms in total. The third-order valence-corrected chi connectivity index (χ3v) is 4.53. The quantitative estimate of drug-likeness (QED) is 0.333. The molecule has 0 fully saturated rings. The lowest BCUT2D eigenvalue weighted by Gasteiger charge is -2.16. The van der Waals surface area contributed by atoms with Gasteiger partial charge in [0.15, 0.2) is 9.84 Å². The number of ether oxygens (including phenoxy) is 1. The largest absolute Gasteiger partial charge is 0.461 e. The third-order valence-electron chi connectivity index (χ3n) is 2.73. The standard InChI is InChI=1S/C13H17N3O4S/c1-10-3-5-13(6-4-10)21(18,19)9-12(20-11(2)17)7-8-15-16-14/h3-6,12H,7-9H2,1-2H3. The zero-order valence-electron chi connectivity index (χ0n) is 11.9. The van der Waals surface area contributed by atoms with E-state index in [0.717, 1.165) is 5.56 Å². The van der Waals surface area contributed by atoms with Crippen molar-refractivity contribution in [3.8, 4) is 0 Å². The first-order chi connectivity index (χ1) is 9.85. The van der Waals surface area contributed by atoms with E-state index in [1.807, 2.05) is 6.92 Å². The van der Waals surface area contributed by atoms with Gasteiger partial charge in [-0.15, -0.1) is 0 Å². The summed E-state index contributed by atoms with van der Waals surface area (Å²) in [4.78, 5) is 13.8. The highest BCUT2D eigenvalue weighted by Gasteiger charge is 2.23. The molecule has 8 heteroatoms. The van der Waals surface area contributed by atoms with Gasteiger partial charge in [-0.3, -0.25) is 4.79 Å². The van der Waals surface area contributed by atoms with Crippen LogP contribution in [0.1, 0.15) is 18.9 Å². The predicted octanol–water partition coefficient (Wildman–Crippen LogP) is 2.40. The molecule has 21 heavy (non-hydrogen) atoms. The summed E-state index contributed by atoms with van der Waals surface area (Å²) >= 11 is 0. The molecule has 0 aliphatic carbocycles. The van der Waals surface area contributed by atoms with E-state index in [1.165, 1.54) is 19.1 Å². The van der Waals surface area contributed by atoms with Crippen molar-refractivity contribution in [2.24, 2.45) is 5.11 Å². The van der Waals surface area contributed by atoms with Gasteiger partial charge in [-0.25, -0.2) is 8.42 Å². The number of carbonyl (C=O) groups excluding carboxylic acids is 1. The number of esters is 1. The van der Waals surface area contributed by atoms with E-state index in [4.69, 9.17) is 10.3 Å². The molecule has 1 aromatic rings. The number of benzene rings is 1. The number of carbonyl (C=O) groups is 1. The molecule has 0 amide bonds. The molecule has 0 saturated heterocycles. The summed E-state index contributed by atoms with van der Waals surface area (Å²) in [5.74, 6) is -0.906. The molecule has 0 aliphatic rings. The second-order valence-corrected chi connectivity index (χ2v) is 6.60. The fourth-order valence-electron chi connectivity index (χ4n) is 1.74. The van der Waals surface area contributed by atoms with E-state index in [1.54, 1.807) is 12.1 Å². The highest BCUT2D eigenvalue weighted by molar-refractivity contribution is 7.91. The first kappa shape index (κ1) is 17.0. The van der Waals surface area contributed by atoms with Crippen LogP contribution >= 0.6 is 0 Å². The molecular weight excluding hydrogens is 294 g/mol. The van der Waals surface area contributed by atoms with Crippen molar-refractivity contribution in [3.05, 3.63) is 40.3 Å². The van der Waals surface area contributed by atoms with Crippen LogP contribution in [0.5, 0.6) is 0 Å². The summed E-state index contributed by atoms with van der Waals surface area (Å²) in [6.45, 7) is 3.13. The van der Waals surface area contributed by atoms with Gasteiger partial charge in [0.05, 0.1) is 10.6 Å². The Kier molecular flexibility index (Phi) is 6.20. The van der Waals surface area contributed by atoms with Crippen LogP contribution in [0.25, 0.3) is 10.4 Å². The Bertz CT molecular complexity index is 634. The molecule has 0 spiro atoms. The highest BCUT2D eigenvalue weighted by atomic mass is 32.2. The summed E-state index contributed by atoms with van der Waals surface area (Å²) < 4.78 is 29.5. The summed E-state index contributed by atoms with van der Waals surface area (Å²) in [7, 11) is -3.57. The average Bonchev–Trinajstić information content (AvgIpc) is 2.38. The third kappa shape index (κ3) is 5.85. The second kappa shape index (κ2) is 7.66. The van der Waals surface area contributed by atoms with Crippen LogP contribution in [-0.2, 0) is 19.4 Å². The lowest BCUT2D eigenvalue weighted by molar-refractivity contribution is -0.145. The minimum absolute atomic E-state index is 0.0673. The van der Waals surface area contributed by atoms with Gasteiger partial charge >= 0.3 is 5.97 Å². The first-order valence-corrected chi connectivity index (χ1v) is 7.98. The second-order valence-electron chi connectivity index (χ2n) is 4.57. The lowest BCUT2D eigenvalue weighted by atomic mass is 10.2. The van der Waals surface area contributed by atoms with Gasteiger partial charge in [0.2, 0.25) is 0 Å². The zero-order valence-corrected chi connectivity index (χ0v) is 12.7. The monoisotopic (exact) mass is 311 g/mol. The van der Waals surface area contributed by atoms with E-state index >= 15 is 0 Å². The van der Waals surface area contributed by atoms with Crippen molar-refractivity contribution < 1.29 is 17.9 Å². The van der Waals surface area contributed by atoms with Crippen molar-refractivity contribution in [1.29, 1.82) is 0 Å². The molecule has 1 aromatic carbocycles. The zero-order chi connectivity index (χ0) is 15.9. The number of hydrogen-bond donors (Lipinski definition) is 0. The van der Waals surface area contributed by atoms with Gasteiger partial charge in [-0.05, 0) is 31.0 Å². The van der Waals surface area contributed by atoms with E-state index in [9.17, 15) is 13.2 Å². The maximum atomic E-state index is 12.3. The molecule has 1 unspecified atom stereocenters. The molecule has 114 valence electrons. The van der Waals surface area contributed by atoms with Crippen LogP contribution in [0.2, 0.25) is 0 Å². The van der Waals surface area contributed by atoms with E-state index < -0.39 is 21.9 Å².